The van der Waals surface area contributed by atoms with Gasteiger partial charge in [0, 0.05) is 6.07 Å². The van der Waals surface area contributed by atoms with E-state index in [-0.39, 0.29) is 16.9 Å². The van der Waals surface area contributed by atoms with Crippen molar-refractivity contribution in [3.8, 4) is 12.1 Å². The Bertz CT molecular complexity index is 651. The molecular formula is C14H14N4O3. The molecule has 0 aliphatic heterocycles. The number of benzene rings is 1. The van der Waals surface area contributed by atoms with Gasteiger partial charge in [-0.25, -0.2) is 0 Å². The summed E-state index contributed by atoms with van der Waals surface area (Å²) < 4.78 is 0. The Morgan fingerprint density at radius 1 is 1.38 bits per heavy atom. The van der Waals surface area contributed by atoms with E-state index >= 15 is 0 Å². The molecule has 0 saturated carbocycles. The number of nitro benzene ring substituents is 1. The fraction of sp³-hybridized carbons (Fsp3) is 0.357. The van der Waals surface area contributed by atoms with Gasteiger partial charge in [0.25, 0.3) is 5.69 Å². The van der Waals surface area contributed by atoms with Crippen LogP contribution in [0.3, 0.4) is 0 Å². The van der Waals surface area contributed by atoms with Gasteiger partial charge in [-0.2, -0.15) is 10.5 Å². The minimum absolute atomic E-state index is 0.0227. The van der Waals surface area contributed by atoms with Crippen LogP contribution >= 0.6 is 0 Å². The first-order chi connectivity index (χ1) is 9.93. The molecule has 0 fully saturated rings. The van der Waals surface area contributed by atoms with Crippen LogP contribution in [0, 0.1) is 38.2 Å². The zero-order valence-corrected chi connectivity index (χ0v) is 11.7. The van der Waals surface area contributed by atoms with Crippen LogP contribution in [0.1, 0.15) is 32.3 Å². The molecule has 1 rings (SSSR count). The van der Waals surface area contributed by atoms with Gasteiger partial charge in [0.15, 0.2) is 0 Å². The summed E-state index contributed by atoms with van der Waals surface area (Å²) in [5, 5.41) is 31.4. The minimum Gasteiger partial charge on any atom is -0.319 e. The van der Waals surface area contributed by atoms with E-state index in [1.807, 2.05) is 6.07 Å². The van der Waals surface area contributed by atoms with Crippen molar-refractivity contribution in [3.05, 3.63) is 33.9 Å². The van der Waals surface area contributed by atoms with Crippen LogP contribution in [0.15, 0.2) is 18.2 Å². The number of nitro groups is 1. The largest absolute Gasteiger partial charge is 0.319 e. The first-order valence-corrected chi connectivity index (χ1v) is 6.35. The molecule has 108 valence electrons. The van der Waals surface area contributed by atoms with Gasteiger partial charge in [-0.05, 0) is 25.0 Å². The SMILES string of the molecule is CCC(C#N)(CC)C(=O)Nc1ccc(C#N)cc1[N+](=O)[O-]. The molecule has 0 spiro atoms. The second-order valence-electron chi connectivity index (χ2n) is 4.46. The molecule has 0 aromatic heterocycles. The molecule has 0 atom stereocenters. The fourth-order valence-corrected chi connectivity index (χ4v) is 1.88. The summed E-state index contributed by atoms with van der Waals surface area (Å²) in [6, 6.07) is 7.52. The normalized spacial score (nSPS) is 10.3. The highest BCUT2D eigenvalue weighted by Gasteiger charge is 2.36. The highest BCUT2D eigenvalue weighted by molar-refractivity contribution is 5.98. The minimum atomic E-state index is -1.22. The number of hydrogen-bond donors (Lipinski definition) is 1. The Morgan fingerprint density at radius 3 is 2.43 bits per heavy atom. The van der Waals surface area contributed by atoms with Gasteiger partial charge in [-0.3, -0.25) is 14.9 Å². The van der Waals surface area contributed by atoms with Crippen LogP contribution in [0.5, 0.6) is 0 Å². The molecule has 0 radical (unpaired) electrons. The molecule has 7 nitrogen and oxygen atoms in total. The molecule has 0 unspecified atom stereocenters. The molecule has 1 N–H and O–H groups in total. The summed E-state index contributed by atoms with van der Waals surface area (Å²) in [7, 11) is 0. The first kappa shape index (κ1) is 16.1. The van der Waals surface area contributed by atoms with E-state index in [9.17, 15) is 20.2 Å². The van der Waals surface area contributed by atoms with Crippen molar-refractivity contribution in [1.82, 2.24) is 0 Å². The Morgan fingerprint density at radius 2 is 2.00 bits per heavy atom. The van der Waals surface area contributed by atoms with Crippen molar-refractivity contribution in [2.75, 3.05) is 5.32 Å². The van der Waals surface area contributed by atoms with Crippen molar-refractivity contribution in [2.24, 2.45) is 5.41 Å². The summed E-state index contributed by atoms with van der Waals surface area (Å²) in [4.78, 5) is 22.6. The Hall–Kier alpha value is -2.93. The zero-order valence-electron chi connectivity index (χ0n) is 11.7. The number of rotatable bonds is 5. The topological polar surface area (TPSA) is 120 Å². The average molecular weight is 286 g/mol. The number of carbonyl (C=O) groups is 1. The van der Waals surface area contributed by atoms with Crippen molar-refractivity contribution in [3.63, 3.8) is 0 Å². The lowest BCUT2D eigenvalue weighted by molar-refractivity contribution is -0.384. The fourth-order valence-electron chi connectivity index (χ4n) is 1.88. The third-order valence-electron chi connectivity index (χ3n) is 3.43. The van der Waals surface area contributed by atoms with E-state index in [0.29, 0.717) is 12.8 Å². The maximum absolute atomic E-state index is 12.2. The van der Waals surface area contributed by atoms with Crippen molar-refractivity contribution in [1.29, 1.82) is 10.5 Å². The monoisotopic (exact) mass is 286 g/mol. The van der Waals surface area contributed by atoms with Gasteiger partial charge in [0.05, 0.1) is 22.6 Å². The van der Waals surface area contributed by atoms with Crippen molar-refractivity contribution in [2.45, 2.75) is 26.7 Å². The van der Waals surface area contributed by atoms with Crippen molar-refractivity contribution >= 4 is 17.3 Å². The highest BCUT2D eigenvalue weighted by Crippen LogP contribution is 2.31. The molecule has 7 heteroatoms. The number of nitriles is 2. The first-order valence-electron chi connectivity index (χ1n) is 6.35. The number of amides is 1. The standard InChI is InChI=1S/C14H14N4O3/c1-3-14(4-2,9-16)13(19)17-11-6-5-10(8-15)7-12(11)18(20)21/h5-7H,3-4H2,1-2H3,(H,17,19). The summed E-state index contributed by atoms with van der Waals surface area (Å²) in [5.41, 5.74) is -1.49. The molecule has 0 aliphatic rings. The summed E-state index contributed by atoms with van der Waals surface area (Å²) >= 11 is 0. The Labute approximate surface area is 122 Å². The van der Waals surface area contributed by atoms with Gasteiger partial charge in [0.1, 0.15) is 11.1 Å². The van der Waals surface area contributed by atoms with Crippen LogP contribution in [0.4, 0.5) is 11.4 Å². The van der Waals surface area contributed by atoms with E-state index < -0.39 is 16.2 Å². The lowest BCUT2D eigenvalue weighted by Crippen LogP contribution is -2.34. The smallest absolute Gasteiger partial charge is 0.294 e. The van der Waals surface area contributed by atoms with Gasteiger partial charge < -0.3 is 5.32 Å². The molecule has 1 amide bonds. The zero-order chi connectivity index (χ0) is 16.0. The Kier molecular flexibility index (Phi) is 4.98. The molecule has 1 aromatic rings. The van der Waals surface area contributed by atoms with E-state index in [4.69, 9.17) is 5.26 Å². The van der Waals surface area contributed by atoms with Crippen LogP contribution < -0.4 is 5.32 Å². The molecule has 0 saturated heterocycles. The number of nitrogens with zero attached hydrogens (tertiary/aromatic N) is 3. The number of carbonyl (C=O) groups excluding carboxylic acids is 1. The van der Waals surface area contributed by atoms with E-state index in [0.717, 1.165) is 6.07 Å². The van der Waals surface area contributed by atoms with Gasteiger partial charge in [0.2, 0.25) is 5.91 Å². The predicted octanol–water partition coefficient (Wildman–Crippen LogP) is 2.73. The van der Waals surface area contributed by atoms with Crippen LogP contribution in [-0.2, 0) is 4.79 Å². The number of nitrogens with one attached hydrogen (secondary N) is 1. The molecule has 0 heterocycles. The van der Waals surface area contributed by atoms with Gasteiger partial charge in [-0.1, -0.05) is 13.8 Å². The highest BCUT2D eigenvalue weighted by atomic mass is 16.6. The van der Waals surface area contributed by atoms with Crippen LogP contribution in [0.25, 0.3) is 0 Å². The quantitative estimate of drug-likeness (QED) is 0.659. The van der Waals surface area contributed by atoms with E-state index in [2.05, 4.69) is 5.32 Å². The second kappa shape index (κ2) is 6.49. The molecular weight excluding hydrogens is 272 g/mol. The molecule has 0 bridgehead atoms. The number of hydrogen-bond acceptors (Lipinski definition) is 5. The maximum atomic E-state index is 12.2. The Balaban J connectivity index is 3.20. The second-order valence-corrected chi connectivity index (χ2v) is 4.46. The molecule has 0 aliphatic carbocycles. The molecule has 21 heavy (non-hydrogen) atoms. The average Bonchev–Trinajstić information content (AvgIpc) is 2.49. The maximum Gasteiger partial charge on any atom is 0.294 e. The van der Waals surface area contributed by atoms with E-state index in [1.54, 1.807) is 19.9 Å². The van der Waals surface area contributed by atoms with E-state index in [1.165, 1.54) is 12.1 Å². The number of anilines is 1. The summed E-state index contributed by atoms with van der Waals surface area (Å²) in [6.45, 7) is 3.42. The van der Waals surface area contributed by atoms with Gasteiger partial charge >= 0.3 is 0 Å². The lowest BCUT2D eigenvalue weighted by Gasteiger charge is -2.22. The third kappa shape index (κ3) is 3.15. The van der Waals surface area contributed by atoms with Crippen molar-refractivity contribution < 1.29 is 9.72 Å². The third-order valence-corrected chi connectivity index (χ3v) is 3.43. The van der Waals surface area contributed by atoms with Crippen LogP contribution in [-0.4, -0.2) is 10.8 Å². The molecule has 1 aromatic carbocycles. The van der Waals surface area contributed by atoms with Crippen LogP contribution in [0.2, 0.25) is 0 Å². The summed E-state index contributed by atoms with van der Waals surface area (Å²) in [5.74, 6) is -0.581. The summed E-state index contributed by atoms with van der Waals surface area (Å²) in [6.07, 6.45) is 0.603. The lowest BCUT2D eigenvalue weighted by atomic mass is 9.83. The predicted molar refractivity (Wildman–Crippen MR) is 75.1 cm³/mol. The van der Waals surface area contributed by atoms with Gasteiger partial charge in [-0.15, -0.1) is 0 Å².